The van der Waals surface area contributed by atoms with Gasteiger partial charge in [0.1, 0.15) is 12.4 Å². The lowest BCUT2D eigenvalue weighted by molar-refractivity contribution is -0.136. The van der Waals surface area contributed by atoms with Crippen LogP contribution < -0.4 is 14.8 Å². The first-order valence-electron chi connectivity index (χ1n) is 12.1. The molecule has 6 nitrogen and oxygen atoms in total. The van der Waals surface area contributed by atoms with Crippen LogP contribution in [0.15, 0.2) is 77.5 Å². The molecule has 1 aliphatic carbocycles. The Labute approximate surface area is 224 Å². The van der Waals surface area contributed by atoms with E-state index in [1.54, 1.807) is 37.3 Å². The predicted octanol–water partition coefficient (Wildman–Crippen LogP) is 6.20. The SMILES string of the molecule is CCOc1cc([C@H]2C(C(=O)OC)=C(C)NC3=C2C(=O)c2ccccc23)cc(Cl)c1OCc1ccc(F)cc1. The highest BCUT2D eigenvalue weighted by Crippen LogP contribution is 2.49. The molecule has 0 saturated heterocycles. The molecule has 38 heavy (non-hydrogen) atoms. The standard InChI is InChI=1S/C30H25ClFNO5/c1-4-37-23-14-18(13-22(31)29(23)38-15-17-9-11-19(32)12-10-17)25-24(30(35)36-3)16(2)33-27-20-7-5-6-8-21(20)28(34)26(25)27/h5-14,25,33H,4,15H2,1-3H3/t25-/m0/s1. The second-order valence-electron chi connectivity index (χ2n) is 8.93. The third-order valence-corrected chi connectivity index (χ3v) is 6.90. The van der Waals surface area contributed by atoms with Crippen molar-refractivity contribution in [2.75, 3.05) is 13.7 Å². The maximum atomic E-state index is 13.6. The monoisotopic (exact) mass is 533 g/mol. The third-order valence-electron chi connectivity index (χ3n) is 6.62. The minimum Gasteiger partial charge on any atom is -0.490 e. The molecule has 1 aliphatic heterocycles. The van der Waals surface area contributed by atoms with Gasteiger partial charge in [0.15, 0.2) is 17.3 Å². The number of hydrogen-bond acceptors (Lipinski definition) is 6. The highest BCUT2D eigenvalue weighted by atomic mass is 35.5. The zero-order valence-corrected chi connectivity index (χ0v) is 21.8. The number of esters is 1. The number of carbonyl (C=O) groups excluding carboxylic acids is 2. The summed E-state index contributed by atoms with van der Waals surface area (Å²) in [5.74, 6) is -1.14. The summed E-state index contributed by atoms with van der Waals surface area (Å²) in [5.41, 5.74) is 4.66. The van der Waals surface area contributed by atoms with E-state index < -0.39 is 11.9 Å². The van der Waals surface area contributed by atoms with E-state index in [9.17, 15) is 14.0 Å². The van der Waals surface area contributed by atoms with Crippen molar-refractivity contribution in [2.24, 2.45) is 0 Å². The van der Waals surface area contributed by atoms with Crippen molar-refractivity contribution in [3.63, 3.8) is 0 Å². The van der Waals surface area contributed by atoms with Crippen molar-refractivity contribution < 1.29 is 28.2 Å². The molecule has 194 valence electrons. The van der Waals surface area contributed by atoms with Gasteiger partial charge >= 0.3 is 5.97 Å². The molecule has 1 heterocycles. The highest BCUT2D eigenvalue weighted by Gasteiger charge is 2.43. The Morgan fingerprint density at radius 2 is 1.76 bits per heavy atom. The summed E-state index contributed by atoms with van der Waals surface area (Å²) in [4.78, 5) is 26.6. The van der Waals surface area contributed by atoms with E-state index in [4.69, 9.17) is 25.8 Å². The van der Waals surface area contributed by atoms with Gasteiger partial charge in [-0.1, -0.05) is 48.0 Å². The van der Waals surface area contributed by atoms with Crippen LogP contribution in [-0.4, -0.2) is 25.5 Å². The zero-order valence-electron chi connectivity index (χ0n) is 21.1. The first-order valence-corrected chi connectivity index (χ1v) is 12.5. The highest BCUT2D eigenvalue weighted by molar-refractivity contribution is 6.32. The van der Waals surface area contributed by atoms with E-state index in [2.05, 4.69) is 5.32 Å². The summed E-state index contributed by atoms with van der Waals surface area (Å²) in [7, 11) is 1.31. The third kappa shape index (κ3) is 4.43. The van der Waals surface area contributed by atoms with E-state index in [1.165, 1.54) is 19.2 Å². The smallest absolute Gasteiger partial charge is 0.336 e. The molecule has 0 amide bonds. The number of rotatable bonds is 7. The van der Waals surface area contributed by atoms with Crippen LogP contribution in [-0.2, 0) is 16.1 Å². The Morgan fingerprint density at radius 3 is 2.45 bits per heavy atom. The Balaban J connectivity index is 1.61. The second-order valence-corrected chi connectivity index (χ2v) is 9.34. The molecule has 0 bridgehead atoms. The van der Waals surface area contributed by atoms with E-state index in [1.807, 2.05) is 25.1 Å². The van der Waals surface area contributed by atoms with Gasteiger partial charge in [-0.15, -0.1) is 0 Å². The minimum atomic E-state index is -0.749. The number of nitrogens with one attached hydrogen (secondary N) is 1. The van der Waals surface area contributed by atoms with Crippen LogP contribution in [0.5, 0.6) is 11.5 Å². The van der Waals surface area contributed by atoms with Gasteiger partial charge in [0.05, 0.1) is 30.0 Å². The van der Waals surface area contributed by atoms with Gasteiger partial charge in [-0.2, -0.15) is 0 Å². The number of Topliss-reactive ketones (excluding diaryl/α,β-unsaturated/α-hetero) is 1. The topological polar surface area (TPSA) is 73.9 Å². The quantitative estimate of drug-likeness (QED) is 0.365. The van der Waals surface area contributed by atoms with Crippen LogP contribution in [0.2, 0.25) is 5.02 Å². The number of dihydropyridines is 1. The van der Waals surface area contributed by atoms with E-state index in [0.717, 1.165) is 11.1 Å². The van der Waals surface area contributed by atoms with Gasteiger partial charge in [0.25, 0.3) is 0 Å². The Hall–Kier alpha value is -4.10. The van der Waals surface area contributed by atoms with Crippen molar-refractivity contribution in [2.45, 2.75) is 26.4 Å². The number of halogens is 2. The average Bonchev–Trinajstić information content (AvgIpc) is 3.19. The van der Waals surface area contributed by atoms with Crippen molar-refractivity contribution in [3.05, 3.63) is 111 Å². The molecule has 0 radical (unpaired) electrons. The molecule has 0 fully saturated rings. The van der Waals surface area contributed by atoms with Gasteiger partial charge < -0.3 is 19.5 Å². The molecular weight excluding hydrogens is 509 g/mol. The summed E-state index contributed by atoms with van der Waals surface area (Å²) in [6, 6.07) is 16.7. The number of allylic oxidation sites excluding steroid dienone is 2. The maximum absolute atomic E-state index is 13.6. The molecule has 3 aromatic rings. The fraction of sp³-hybridized carbons (Fsp3) is 0.200. The lowest BCUT2D eigenvalue weighted by Gasteiger charge is -2.29. The lowest BCUT2D eigenvalue weighted by Crippen LogP contribution is -2.29. The van der Waals surface area contributed by atoms with Crippen molar-refractivity contribution in [3.8, 4) is 11.5 Å². The van der Waals surface area contributed by atoms with Crippen LogP contribution in [0.1, 0.15) is 46.8 Å². The molecule has 3 aromatic carbocycles. The van der Waals surface area contributed by atoms with Crippen LogP contribution >= 0.6 is 11.6 Å². The summed E-state index contributed by atoms with van der Waals surface area (Å²) in [6.45, 7) is 4.08. The van der Waals surface area contributed by atoms with Crippen LogP contribution in [0, 0.1) is 5.82 Å². The molecular formula is C30H25ClFNO5. The summed E-state index contributed by atoms with van der Waals surface area (Å²) >= 11 is 6.73. The van der Waals surface area contributed by atoms with Crippen LogP contribution in [0.25, 0.3) is 5.70 Å². The lowest BCUT2D eigenvalue weighted by atomic mass is 9.79. The fourth-order valence-corrected chi connectivity index (χ4v) is 5.21. The molecule has 0 unspecified atom stereocenters. The number of benzene rings is 3. The summed E-state index contributed by atoms with van der Waals surface area (Å²) in [5, 5.41) is 3.51. The van der Waals surface area contributed by atoms with Crippen molar-refractivity contribution >= 4 is 29.1 Å². The Morgan fingerprint density at radius 1 is 1.05 bits per heavy atom. The number of carbonyl (C=O) groups is 2. The molecule has 0 aromatic heterocycles. The van der Waals surface area contributed by atoms with Gasteiger partial charge in [0.2, 0.25) is 0 Å². The number of ether oxygens (including phenoxy) is 3. The van der Waals surface area contributed by atoms with Crippen molar-refractivity contribution in [1.82, 2.24) is 5.32 Å². The number of ketones is 1. The molecule has 1 N–H and O–H groups in total. The van der Waals surface area contributed by atoms with Gasteiger partial charge in [-0.05, 0) is 49.2 Å². The molecule has 5 rings (SSSR count). The summed E-state index contributed by atoms with van der Waals surface area (Å²) < 4.78 is 30.3. The van der Waals surface area contributed by atoms with E-state index >= 15 is 0 Å². The predicted molar refractivity (Wildman–Crippen MR) is 142 cm³/mol. The van der Waals surface area contributed by atoms with Gasteiger partial charge in [0, 0.05) is 28.3 Å². The van der Waals surface area contributed by atoms with Gasteiger partial charge in [-0.3, -0.25) is 4.79 Å². The number of hydrogen-bond donors (Lipinski definition) is 1. The first kappa shape index (κ1) is 25.5. The number of methoxy groups -OCH3 is 1. The first-order chi connectivity index (χ1) is 18.3. The summed E-state index contributed by atoms with van der Waals surface area (Å²) in [6.07, 6.45) is 0. The number of fused-ring (bicyclic) bond motifs is 2. The van der Waals surface area contributed by atoms with Gasteiger partial charge in [-0.25, -0.2) is 9.18 Å². The van der Waals surface area contributed by atoms with Crippen LogP contribution in [0.4, 0.5) is 4.39 Å². The minimum absolute atomic E-state index is 0.141. The zero-order chi connectivity index (χ0) is 27.0. The molecule has 0 saturated carbocycles. The normalized spacial score (nSPS) is 16.1. The molecule has 1 atom stereocenters. The largest absolute Gasteiger partial charge is 0.490 e. The molecule has 2 aliphatic rings. The maximum Gasteiger partial charge on any atom is 0.336 e. The van der Waals surface area contributed by atoms with Crippen LogP contribution in [0.3, 0.4) is 0 Å². The average molecular weight is 534 g/mol. The Kier molecular flexibility index (Phi) is 6.95. The fourth-order valence-electron chi connectivity index (χ4n) is 4.94. The Bertz CT molecular complexity index is 1510. The molecule has 0 spiro atoms. The van der Waals surface area contributed by atoms with E-state index in [-0.39, 0.29) is 23.2 Å². The van der Waals surface area contributed by atoms with E-state index in [0.29, 0.717) is 51.8 Å². The van der Waals surface area contributed by atoms with Crippen molar-refractivity contribution in [1.29, 1.82) is 0 Å². The second kappa shape index (κ2) is 10.3. The molecule has 8 heteroatoms.